The van der Waals surface area contributed by atoms with Gasteiger partial charge < -0.3 is 19.3 Å². The van der Waals surface area contributed by atoms with E-state index in [-0.39, 0.29) is 12.6 Å². The molecule has 0 aliphatic heterocycles. The average molecular weight is 440 g/mol. The van der Waals surface area contributed by atoms with Crippen LogP contribution in [0.4, 0.5) is 0 Å². The minimum absolute atomic E-state index is 0.208. The molecule has 0 radical (unpaired) electrons. The summed E-state index contributed by atoms with van der Waals surface area (Å²) in [4.78, 5) is 2.20. The third-order valence-corrected chi connectivity index (χ3v) is 5.30. The molecule has 0 saturated carbocycles. The lowest BCUT2D eigenvalue weighted by molar-refractivity contribution is 0.0278. The van der Waals surface area contributed by atoms with Crippen LogP contribution in [0.15, 0.2) is 54.6 Å². The second kappa shape index (κ2) is 11.1. The van der Waals surface area contributed by atoms with E-state index in [1.165, 1.54) is 0 Å². The summed E-state index contributed by atoms with van der Waals surface area (Å²) in [5, 5.41) is 15.2. The van der Waals surface area contributed by atoms with E-state index < -0.39 is 6.10 Å². The largest absolute Gasteiger partial charge is 0.497 e. The summed E-state index contributed by atoms with van der Waals surface area (Å²) < 4.78 is 18.5. The summed E-state index contributed by atoms with van der Waals surface area (Å²) in [6.45, 7) is 5.57. The molecule has 1 atom stereocenters. The highest BCUT2D eigenvalue weighted by atomic mass is 16.5. The van der Waals surface area contributed by atoms with Crippen LogP contribution in [0.25, 0.3) is 11.3 Å². The van der Waals surface area contributed by atoms with Gasteiger partial charge in [0.25, 0.3) is 0 Å². The Morgan fingerprint density at radius 1 is 1.00 bits per heavy atom. The zero-order valence-corrected chi connectivity index (χ0v) is 19.5. The van der Waals surface area contributed by atoms with Gasteiger partial charge in [-0.05, 0) is 38.1 Å². The smallest absolute Gasteiger partial charge is 0.222 e. The number of aliphatic hydroxyl groups is 1. The summed E-state index contributed by atoms with van der Waals surface area (Å²) in [5.41, 5.74) is 2.85. The third kappa shape index (κ3) is 5.88. The molecule has 0 spiro atoms. The number of aromatic nitrogens is 2. The molecule has 0 saturated heterocycles. The highest BCUT2D eigenvalue weighted by molar-refractivity contribution is 5.65. The van der Waals surface area contributed by atoms with Crippen LogP contribution in [0.3, 0.4) is 0 Å². The Morgan fingerprint density at radius 2 is 1.66 bits per heavy atom. The molecule has 2 aromatic carbocycles. The highest BCUT2D eigenvalue weighted by Crippen LogP contribution is 2.35. The van der Waals surface area contributed by atoms with Gasteiger partial charge in [0.1, 0.15) is 17.2 Å². The molecule has 0 unspecified atom stereocenters. The lowest BCUT2D eigenvalue weighted by Gasteiger charge is -2.29. The minimum Gasteiger partial charge on any atom is -0.497 e. The number of rotatable bonds is 11. The second-order valence-electron chi connectivity index (χ2n) is 8.03. The molecule has 3 aromatic rings. The molecule has 1 N–H and O–H groups in total. The van der Waals surface area contributed by atoms with Gasteiger partial charge in [-0.2, -0.15) is 5.10 Å². The number of benzene rings is 2. The molecule has 3 rings (SSSR count). The number of methoxy groups -OCH3 is 2. The molecular weight excluding hydrogens is 406 g/mol. The van der Waals surface area contributed by atoms with Crippen LogP contribution in [0, 0.1) is 0 Å². The molecule has 0 amide bonds. The maximum absolute atomic E-state index is 10.4. The summed E-state index contributed by atoms with van der Waals surface area (Å²) in [7, 11) is 5.12. The fourth-order valence-corrected chi connectivity index (χ4v) is 3.58. The molecule has 0 aliphatic carbocycles. The first-order valence-corrected chi connectivity index (χ1v) is 10.8. The molecular formula is C25H33N3O4. The van der Waals surface area contributed by atoms with Crippen LogP contribution in [0.5, 0.6) is 17.4 Å². The van der Waals surface area contributed by atoms with Crippen molar-refractivity contribution in [2.45, 2.75) is 32.5 Å². The highest BCUT2D eigenvalue weighted by Gasteiger charge is 2.24. The molecule has 32 heavy (non-hydrogen) atoms. The lowest BCUT2D eigenvalue weighted by atomic mass is 10.1. The van der Waals surface area contributed by atoms with Crippen LogP contribution in [0.1, 0.15) is 19.4 Å². The predicted octanol–water partition coefficient (Wildman–Crippen LogP) is 4.11. The molecule has 1 aromatic heterocycles. The van der Waals surface area contributed by atoms with Gasteiger partial charge in [0.05, 0.1) is 25.4 Å². The van der Waals surface area contributed by atoms with Crippen molar-refractivity contribution < 1.29 is 19.3 Å². The first kappa shape index (κ1) is 23.8. The van der Waals surface area contributed by atoms with Gasteiger partial charge in [-0.1, -0.05) is 30.3 Å². The molecule has 7 nitrogen and oxygen atoms in total. The number of aryl methyl sites for hydroxylation is 1. The third-order valence-electron chi connectivity index (χ3n) is 5.30. The number of hydrogen-bond donors (Lipinski definition) is 1. The predicted molar refractivity (Wildman–Crippen MR) is 125 cm³/mol. The molecule has 0 bridgehead atoms. The van der Waals surface area contributed by atoms with Crippen molar-refractivity contribution >= 4 is 0 Å². The van der Waals surface area contributed by atoms with Gasteiger partial charge in [-0.25, -0.2) is 4.68 Å². The zero-order valence-electron chi connectivity index (χ0n) is 19.5. The van der Waals surface area contributed by atoms with Crippen LogP contribution in [-0.2, 0) is 18.3 Å². The molecule has 1 heterocycles. The molecule has 172 valence electrons. The summed E-state index contributed by atoms with van der Waals surface area (Å²) >= 11 is 0. The maximum atomic E-state index is 10.4. The lowest BCUT2D eigenvalue weighted by Crippen LogP contribution is -2.38. The Bertz CT molecular complexity index is 971. The Morgan fingerprint density at radius 3 is 2.25 bits per heavy atom. The summed E-state index contributed by atoms with van der Waals surface area (Å²) in [6.07, 6.45) is -0.579. The van der Waals surface area contributed by atoms with E-state index in [1.807, 2.05) is 61.6 Å². The molecule has 0 fully saturated rings. The zero-order chi connectivity index (χ0) is 23.1. The van der Waals surface area contributed by atoms with Crippen molar-refractivity contribution in [3.05, 3.63) is 60.2 Å². The van der Waals surface area contributed by atoms with E-state index in [0.29, 0.717) is 24.7 Å². The van der Waals surface area contributed by atoms with Gasteiger partial charge >= 0.3 is 0 Å². The van der Waals surface area contributed by atoms with Gasteiger partial charge in [-0.15, -0.1) is 0 Å². The Labute approximate surface area is 190 Å². The standard InChI is InChI=1S/C25H33N3O4/c1-18(2)28(15-20(29)17-30-4)16-23-24(19-9-7-6-8-10-19)26-27(3)25(23)32-22-13-11-21(31-5)12-14-22/h6-14,18,20,29H,15-17H2,1-5H3/t20-/m1/s1. The van der Waals surface area contributed by atoms with Gasteiger partial charge in [0, 0.05) is 38.9 Å². The van der Waals surface area contributed by atoms with Crippen molar-refractivity contribution in [2.75, 3.05) is 27.4 Å². The minimum atomic E-state index is -0.579. The quantitative estimate of drug-likeness (QED) is 0.485. The number of ether oxygens (including phenoxy) is 3. The second-order valence-corrected chi connectivity index (χ2v) is 8.03. The molecule has 0 aliphatic rings. The Kier molecular flexibility index (Phi) is 8.27. The van der Waals surface area contributed by atoms with E-state index >= 15 is 0 Å². The topological polar surface area (TPSA) is 69.0 Å². The fourth-order valence-electron chi connectivity index (χ4n) is 3.58. The van der Waals surface area contributed by atoms with Crippen LogP contribution < -0.4 is 9.47 Å². The number of nitrogens with zero attached hydrogens (tertiary/aromatic N) is 3. The normalized spacial score (nSPS) is 12.4. The number of hydrogen-bond acceptors (Lipinski definition) is 6. The van der Waals surface area contributed by atoms with E-state index in [4.69, 9.17) is 19.3 Å². The monoisotopic (exact) mass is 439 g/mol. The van der Waals surface area contributed by atoms with Crippen molar-refractivity contribution in [3.63, 3.8) is 0 Å². The van der Waals surface area contributed by atoms with Crippen LogP contribution in [-0.4, -0.2) is 59.3 Å². The Balaban J connectivity index is 1.99. The van der Waals surface area contributed by atoms with Gasteiger partial charge in [0.15, 0.2) is 0 Å². The van der Waals surface area contributed by atoms with Gasteiger partial charge in [-0.3, -0.25) is 4.90 Å². The van der Waals surface area contributed by atoms with Crippen molar-refractivity contribution in [1.82, 2.24) is 14.7 Å². The molecule has 7 heteroatoms. The Hall–Kier alpha value is -2.87. The van der Waals surface area contributed by atoms with Crippen LogP contribution in [0.2, 0.25) is 0 Å². The van der Waals surface area contributed by atoms with Crippen LogP contribution >= 0.6 is 0 Å². The first-order valence-electron chi connectivity index (χ1n) is 10.8. The number of aliphatic hydroxyl groups excluding tert-OH is 1. The van der Waals surface area contributed by atoms with Crippen molar-refractivity contribution in [3.8, 4) is 28.6 Å². The van der Waals surface area contributed by atoms with E-state index in [0.717, 1.165) is 22.6 Å². The summed E-state index contributed by atoms with van der Waals surface area (Å²) in [6, 6.07) is 17.8. The van der Waals surface area contributed by atoms with E-state index in [1.54, 1.807) is 18.9 Å². The van der Waals surface area contributed by atoms with Crippen molar-refractivity contribution in [2.24, 2.45) is 7.05 Å². The SMILES string of the molecule is COC[C@H](O)CN(Cc1c(-c2ccccc2)nn(C)c1Oc1ccc(OC)cc1)C(C)C. The van der Waals surface area contributed by atoms with E-state index in [2.05, 4.69) is 18.7 Å². The first-order chi connectivity index (χ1) is 15.4. The summed E-state index contributed by atoms with van der Waals surface area (Å²) in [5.74, 6) is 2.14. The fraction of sp³-hybridized carbons (Fsp3) is 0.400. The van der Waals surface area contributed by atoms with Crippen molar-refractivity contribution in [1.29, 1.82) is 0 Å². The maximum Gasteiger partial charge on any atom is 0.222 e. The van der Waals surface area contributed by atoms with Gasteiger partial charge in [0.2, 0.25) is 5.88 Å². The van der Waals surface area contributed by atoms with E-state index in [9.17, 15) is 5.11 Å². The average Bonchev–Trinajstić information content (AvgIpc) is 3.09.